The molecule has 0 saturated carbocycles. The van der Waals surface area contributed by atoms with Crippen molar-refractivity contribution in [1.82, 2.24) is 0 Å². The van der Waals surface area contributed by atoms with Crippen LogP contribution in [0.4, 0.5) is 11.4 Å². The summed E-state index contributed by atoms with van der Waals surface area (Å²) >= 11 is 11.3. The number of benzene rings is 2. The lowest BCUT2D eigenvalue weighted by Gasteiger charge is -2.28. The summed E-state index contributed by atoms with van der Waals surface area (Å²) in [5.41, 5.74) is 1.89. The number of fused-ring (bicyclic) bond motifs is 1. The minimum Gasteiger partial charge on any atom is -0.378 e. The van der Waals surface area contributed by atoms with E-state index in [0.29, 0.717) is 9.90 Å². The van der Waals surface area contributed by atoms with Crippen LogP contribution in [0.25, 0.3) is 10.1 Å². The molecule has 1 saturated heterocycles. The average Bonchev–Trinajstić information content (AvgIpc) is 2.99. The molecular weight excluding hydrogens is 436 g/mol. The van der Waals surface area contributed by atoms with Crippen molar-refractivity contribution in [2.24, 2.45) is 0 Å². The number of morpholine rings is 1. The summed E-state index contributed by atoms with van der Waals surface area (Å²) in [6.45, 7) is 3.27. The van der Waals surface area contributed by atoms with Crippen molar-refractivity contribution in [2.45, 2.75) is 0 Å². The van der Waals surface area contributed by atoms with Crippen LogP contribution in [0.5, 0.6) is 0 Å². The monoisotopic (exact) mass is 450 g/mol. The number of ether oxygens (including phenoxy) is 1. The van der Waals surface area contributed by atoms with Crippen molar-refractivity contribution >= 4 is 66.2 Å². The lowest BCUT2D eigenvalue weighted by atomic mass is 10.2. The summed E-state index contributed by atoms with van der Waals surface area (Å²) in [5.74, 6) is -0.188. The van der Waals surface area contributed by atoms with Crippen LogP contribution in [-0.2, 0) is 4.74 Å². The zero-order valence-electron chi connectivity index (χ0n) is 13.8. The molecular formula is C19H16BrClN2O2S. The van der Waals surface area contributed by atoms with E-state index in [1.54, 1.807) is 0 Å². The standard InChI is InChI=1S/C19H16BrClN2O2S/c20-12-1-6-15-16(11-12)26-18(17(15)21)19(24)22-13-2-4-14(5-3-13)23-7-9-25-10-8-23/h1-6,11H,7-10H2,(H,22,24). The third kappa shape index (κ3) is 3.60. The highest BCUT2D eigenvalue weighted by Gasteiger charge is 2.18. The van der Waals surface area contributed by atoms with Gasteiger partial charge in [0.25, 0.3) is 5.91 Å². The average molecular weight is 452 g/mol. The normalized spacial score (nSPS) is 14.6. The van der Waals surface area contributed by atoms with E-state index in [2.05, 4.69) is 26.1 Å². The van der Waals surface area contributed by atoms with E-state index in [4.69, 9.17) is 16.3 Å². The third-order valence-electron chi connectivity index (χ3n) is 4.30. The molecule has 7 heteroatoms. The molecule has 2 heterocycles. The molecule has 1 aromatic heterocycles. The number of amides is 1. The third-order valence-corrected chi connectivity index (χ3v) is 6.45. The Hall–Kier alpha value is -1.60. The van der Waals surface area contributed by atoms with Gasteiger partial charge in [-0.2, -0.15) is 0 Å². The van der Waals surface area contributed by atoms with Gasteiger partial charge in [0.1, 0.15) is 4.88 Å². The first kappa shape index (κ1) is 17.8. The van der Waals surface area contributed by atoms with Crippen LogP contribution in [0.2, 0.25) is 5.02 Å². The number of hydrogen-bond donors (Lipinski definition) is 1. The Morgan fingerprint density at radius 1 is 1.15 bits per heavy atom. The van der Waals surface area contributed by atoms with Crippen LogP contribution in [0.1, 0.15) is 9.67 Å². The molecule has 4 nitrogen and oxygen atoms in total. The fourth-order valence-electron chi connectivity index (χ4n) is 2.95. The largest absolute Gasteiger partial charge is 0.378 e. The van der Waals surface area contributed by atoms with Gasteiger partial charge in [0, 0.05) is 39.0 Å². The molecule has 0 radical (unpaired) electrons. The first-order chi connectivity index (χ1) is 12.6. The molecule has 1 aliphatic rings. The van der Waals surface area contributed by atoms with Gasteiger partial charge in [-0.05, 0) is 36.4 Å². The first-order valence-corrected chi connectivity index (χ1v) is 10.2. The van der Waals surface area contributed by atoms with Crippen LogP contribution in [0, 0.1) is 0 Å². The fraction of sp³-hybridized carbons (Fsp3) is 0.211. The van der Waals surface area contributed by atoms with Gasteiger partial charge < -0.3 is 15.0 Å². The van der Waals surface area contributed by atoms with Crippen LogP contribution < -0.4 is 10.2 Å². The highest BCUT2D eigenvalue weighted by molar-refractivity contribution is 9.10. The Morgan fingerprint density at radius 2 is 1.88 bits per heavy atom. The van der Waals surface area contributed by atoms with Gasteiger partial charge >= 0.3 is 0 Å². The number of nitrogens with one attached hydrogen (secondary N) is 1. The van der Waals surface area contributed by atoms with Crippen molar-refractivity contribution in [2.75, 3.05) is 36.5 Å². The number of thiophene rings is 1. The highest BCUT2D eigenvalue weighted by atomic mass is 79.9. The maximum Gasteiger partial charge on any atom is 0.267 e. The molecule has 4 rings (SSSR count). The Kier molecular flexibility index (Phi) is 5.18. The Balaban J connectivity index is 1.52. The molecule has 0 atom stereocenters. The number of halogens is 2. The van der Waals surface area contributed by atoms with Crippen LogP contribution in [0.15, 0.2) is 46.9 Å². The van der Waals surface area contributed by atoms with Crippen molar-refractivity contribution in [3.05, 3.63) is 56.8 Å². The lowest BCUT2D eigenvalue weighted by molar-refractivity contribution is 0.103. The van der Waals surface area contributed by atoms with Crippen LogP contribution in [-0.4, -0.2) is 32.2 Å². The summed E-state index contributed by atoms with van der Waals surface area (Å²) in [7, 11) is 0. The minimum absolute atomic E-state index is 0.188. The van der Waals surface area contributed by atoms with Gasteiger partial charge in [0.05, 0.1) is 18.2 Å². The topological polar surface area (TPSA) is 41.6 Å². The van der Waals surface area contributed by atoms with Crippen molar-refractivity contribution in [3.8, 4) is 0 Å². The van der Waals surface area contributed by atoms with Crippen LogP contribution in [0.3, 0.4) is 0 Å². The van der Waals surface area contributed by atoms with E-state index in [1.165, 1.54) is 11.3 Å². The van der Waals surface area contributed by atoms with Gasteiger partial charge in [-0.25, -0.2) is 0 Å². The number of nitrogens with zero attached hydrogens (tertiary/aromatic N) is 1. The maximum absolute atomic E-state index is 12.7. The van der Waals surface area contributed by atoms with Crippen molar-refractivity contribution in [1.29, 1.82) is 0 Å². The van der Waals surface area contributed by atoms with Gasteiger partial charge in [-0.3, -0.25) is 4.79 Å². The predicted molar refractivity (Wildman–Crippen MR) is 112 cm³/mol. The molecule has 1 aliphatic heterocycles. The number of anilines is 2. The fourth-order valence-corrected chi connectivity index (χ4v) is 4.91. The van der Waals surface area contributed by atoms with Crippen LogP contribution >= 0.6 is 38.9 Å². The minimum atomic E-state index is -0.188. The molecule has 3 aromatic rings. The molecule has 0 bridgehead atoms. The second-order valence-electron chi connectivity index (χ2n) is 5.99. The number of carbonyl (C=O) groups excluding carboxylic acids is 1. The predicted octanol–water partition coefficient (Wildman–Crippen LogP) is 5.41. The van der Waals surface area contributed by atoms with Gasteiger partial charge in [0.2, 0.25) is 0 Å². The summed E-state index contributed by atoms with van der Waals surface area (Å²) in [4.78, 5) is 15.5. The van der Waals surface area contributed by atoms with Gasteiger partial charge in [0.15, 0.2) is 0 Å². The Labute approximate surface area is 168 Å². The van der Waals surface area contributed by atoms with E-state index < -0.39 is 0 Å². The molecule has 1 fully saturated rings. The number of carbonyl (C=O) groups is 1. The molecule has 134 valence electrons. The summed E-state index contributed by atoms with van der Waals surface area (Å²) in [6.07, 6.45) is 0. The molecule has 0 aliphatic carbocycles. The lowest BCUT2D eigenvalue weighted by Crippen LogP contribution is -2.36. The summed E-state index contributed by atoms with van der Waals surface area (Å²) in [6, 6.07) is 13.7. The van der Waals surface area contributed by atoms with Crippen molar-refractivity contribution < 1.29 is 9.53 Å². The number of rotatable bonds is 3. The van der Waals surface area contributed by atoms with E-state index in [9.17, 15) is 4.79 Å². The molecule has 26 heavy (non-hydrogen) atoms. The smallest absolute Gasteiger partial charge is 0.267 e. The SMILES string of the molecule is O=C(Nc1ccc(N2CCOCC2)cc1)c1sc2cc(Br)ccc2c1Cl. The first-order valence-electron chi connectivity index (χ1n) is 8.23. The zero-order chi connectivity index (χ0) is 18.1. The summed E-state index contributed by atoms with van der Waals surface area (Å²) in [5, 5.41) is 4.33. The molecule has 1 N–H and O–H groups in total. The molecule has 0 spiro atoms. The maximum atomic E-state index is 12.7. The van der Waals surface area contributed by atoms with E-state index in [-0.39, 0.29) is 5.91 Å². The van der Waals surface area contributed by atoms with Gasteiger partial charge in [-0.1, -0.05) is 33.6 Å². The number of hydrogen-bond acceptors (Lipinski definition) is 4. The molecule has 0 unspecified atom stereocenters. The van der Waals surface area contributed by atoms with E-state index in [0.717, 1.165) is 52.2 Å². The van der Waals surface area contributed by atoms with Crippen molar-refractivity contribution in [3.63, 3.8) is 0 Å². The van der Waals surface area contributed by atoms with E-state index >= 15 is 0 Å². The Bertz CT molecular complexity index is 952. The Morgan fingerprint density at radius 3 is 2.62 bits per heavy atom. The van der Waals surface area contributed by atoms with Gasteiger partial charge in [-0.15, -0.1) is 11.3 Å². The highest BCUT2D eigenvalue weighted by Crippen LogP contribution is 2.37. The molecule has 1 amide bonds. The molecule has 2 aromatic carbocycles. The summed E-state index contributed by atoms with van der Waals surface area (Å²) < 4.78 is 7.33. The van der Waals surface area contributed by atoms with E-state index in [1.807, 2.05) is 42.5 Å². The quantitative estimate of drug-likeness (QED) is 0.579. The second kappa shape index (κ2) is 7.56. The zero-order valence-corrected chi connectivity index (χ0v) is 17.0. The second-order valence-corrected chi connectivity index (χ2v) is 8.33.